The number of benzene rings is 1. The SMILES string of the molecule is CC(C)c1ccc(/C=N\N2C(=O)CSC2=S)cc1. The Balaban J connectivity index is 2.09. The summed E-state index contributed by atoms with van der Waals surface area (Å²) in [5, 5.41) is 5.41. The van der Waals surface area contributed by atoms with Crippen LogP contribution in [0.5, 0.6) is 0 Å². The van der Waals surface area contributed by atoms with Crippen molar-refractivity contribution in [2.24, 2.45) is 5.10 Å². The standard InChI is InChI=1S/C13H14N2OS2/c1-9(2)11-5-3-10(4-6-11)7-14-15-12(16)8-18-13(15)17/h3-7,9H,8H2,1-2H3/b14-7-. The first-order valence-electron chi connectivity index (χ1n) is 5.71. The zero-order valence-electron chi connectivity index (χ0n) is 10.3. The minimum absolute atomic E-state index is 0.0555. The molecule has 0 spiro atoms. The van der Waals surface area contributed by atoms with Crippen LogP contribution in [-0.4, -0.2) is 27.2 Å². The minimum atomic E-state index is -0.0555. The van der Waals surface area contributed by atoms with E-state index in [0.29, 0.717) is 16.0 Å². The second kappa shape index (κ2) is 5.63. The lowest BCUT2D eigenvalue weighted by molar-refractivity contribution is -0.123. The van der Waals surface area contributed by atoms with E-state index in [1.165, 1.54) is 22.3 Å². The van der Waals surface area contributed by atoms with Gasteiger partial charge < -0.3 is 0 Å². The number of thiocarbonyl (C=S) groups is 1. The lowest BCUT2D eigenvalue weighted by atomic mass is 10.0. The van der Waals surface area contributed by atoms with E-state index in [9.17, 15) is 4.79 Å². The van der Waals surface area contributed by atoms with Crippen LogP contribution < -0.4 is 0 Å². The number of rotatable bonds is 3. The van der Waals surface area contributed by atoms with Crippen LogP contribution in [-0.2, 0) is 4.79 Å². The molecule has 2 rings (SSSR count). The Kier molecular flexibility index (Phi) is 4.14. The molecule has 18 heavy (non-hydrogen) atoms. The predicted octanol–water partition coefficient (Wildman–Crippen LogP) is 3.00. The van der Waals surface area contributed by atoms with Crippen LogP contribution in [0, 0.1) is 0 Å². The third-order valence-corrected chi connectivity index (χ3v) is 3.99. The molecule has 1 saturated heterocycles. The molecule has 0 atom stereocenters. The van der Waals surface area contributed by atoms with Gasteiger partial charge in [-0.05, 0) is 17.0 Å². The van der Waals surface area contributed by atoms with Crippen LogP contribution in [0.3, 0.4) is 0 Å². The van der Waals surface area contributed by atoms with Gasteiger partial charge in [-0.3, -0.25) is 4.79 Å². The lowest BCUT2D eigenvalue weighted by Gasteiger charge is -2.07. The molecule has 1 aromatic carbocycles. The van der Waals surface area contributed by atoms with Gasteiger partial charge in [-0.2, -0.15) is 10.1 Å². The molecule has 1 aliphatic rings. The van der Waals surface area contributed by atoms with Crippen molar-refractivity contribution in [3.63, 3.8) is 0 Å². The van der Waals surface area contributed by atoms with Gasteiger partial charge in [-0.25, -0.2) is 0 Å². The second-order valence-electron chi connectivity index (χ2n) is 4.33. The summed E-state index contributed by atoms with van der Waals surface area (Å²) in [5.74, 6) is 0.850. The van der Waals surface area contributed by atoms with E-state index in [2.05, 4.69) is 31.1 Å². The molecule has 0 unspecified atom stereocenters. The van der Waals surface area contributed by atoms with Crippen molar-refractivity contribution in [2.75, 3.05) is 5.75 Å². The van der Waals surface area contributed by atoms with E-state index in [4.69, 9.17) is 12.2 Å². The molecule has 0 bridgehead atoms. The number of nitrogens with zero attached hydrogens (tertiary/aromatic N) is 2. The van der Waals surface area contributed by atoms with Gasteiger partial charge in [0.2, 0.25) is 0 Å². The van der Waals surface area contributed by atoms with Gasteiger partial charge in [0.15, 0.2) is 4.32 Å². The maximum absolute atomic E-state index is 11.5. The fraction of sp³-hybridized carbons (Fsp3) is 0.308. The average molecular weight is 278 g/mol. The Morgan fingerprint density at radius 2 is 2.06 bits per heavy atom. The van der Waals surface area contributed by atoms with Crippen molar-refractivity contribution in [2.45, 2.75) is 19.8 Å². The normalized spacial score (nSPS) is 16.3. The molecular formula is C13H14N2OS2. The topological polar surface area (TPSA) is 32.7 Å². The van der Waals surface area contributed by atoms with Crippen molar-refractivity contribution in [1.29, 1.82) is 0 Å². The van der Waals surface area contributed by atoms with Crippen LogP contribution in [0.1, 0.15) is 30.9 Å². The first-order chi connectivity index (χ1) is 8.58. The highest BCUT2D eigenvalue weighted by molar-refractivity contribution is 8.23. The van der Waals surface area contributed by atoms with Gasteiger partial charge >= 0.3 is 0 Å². The number of thioether (sulfide) groups is 1. The van der Waals surface area contributed by atoms with Gasteiger partial charge in [0.1, 0.15) is 0 Å². The van der Waals surface area contributed by atoms with Crippen LogP contribution in [0.15, 0.2) is 29.4 Å². The zero-order chi connectivity index (χ0) is 13.1. The van der Waals surface area contributed by atoms with Gasteiger partial charge in [0.25, 0.3) is 5.91 Å². The minimum Gasteiger partial charge on any atom is -0.272 e. The number of amides is 1. The van der Waals surface area contributed by atoms with E-state index < -0.39 is 0 Å². The van der Waals surface area contributed by atoms with E-state index in [0.717, 1.165) is 5.56 Å². The van der Waals surface area contributed by atoms with Crippen LogP contribution in [0.25, 0.3) is 0 Å². The maximum Gasteiger partial charge on any atom is 0.259 e. The molecule has 1 amide bonds. The Morgan fingerprint density at radius 1 is 1.39 bits per heavy atom. The van der Waals surface area contributed by atoms with Crippen molar-refractivity contribution in [3.05, 3.63) is 35.4 Å². The zero-order valence-corrected chi connectivity index (χ0v) is 11.9. The third kappa shape index (κ3) is 2.97. The summed E-state index contributed by atoms with van der Waals surface area (Å²) < 4.78 is 0.523. The molecule has 1 aliphatic heterocycles. The number of carbonyl (C=O) groups excluding carboxylic acids is 1. The largest absolute Gasteiger partial charge is 0.272 e. The highest BCUT2D eigenvalue weighted by atomic mass is 32.2. The highest BCUT2D eigenvalue weighted by Gasteiger charge is 2.25. The number of carbonyl (C=O) groups is 1. The summed E-state index contributed by atoms with van der Waals surface area (Å²) in [6.45, 7) is 4.31. The lowest BCUT2D eigenvalue weighted by Crippen LogP contribution is -2.22. The van der Waals surface area contributed by atoms with Crippen molar-refractivity contribution >= 4 is 40.4 Å². The highest BCUT2D eigenvalue weighted by Crippen LogP contribution is 2.19. The predicted molar refractivity (Wildman–Crippen MR) is 80.0 cm³/mol. The Labute approximate surface area is 116 Å². The average Bonchev–Trinajstić information content (AvgIpc) is 2.67. The number of hydrogen-bond acceptors (Lipinski definition) is 4. The Hall–Kier alpha value is -1.20. The van der Waals surface area contributed by atoms with Gasteiger partial charge in [0, 0.05) is 0 Å². The van der Waals surface area contributed by atoms with E-state index in [-0.39, 0.29) is 5.91 Å². The molecule has 5 heteroatoms. The summed E-state index contributed by atoms with van der Waals surface area (Å²) in [5.41, 5.74) is 2.25. The first kappa shape index (κ1) is 13.2. The first-order valence-corrected chi connectivity index (χ1v) is 7.11. The monoisotopic (exact) mass is 278 g/mol. The van der Waals surface area contributed by atoms with Crippen LogP contribution in [0.2, 0.25) is 0 Å². The molecule has 0 saturated carbocycles. The van der Waals surface area contributed by atoms with E-state index in [1.54, 1.807) is 6.21 Å². The fourth-order valence-corrected chi connectivity index (χ4v) is 2.52. The van der Waals surface area contributed by atoms with Crippen LogP contribution in [0.4, 0.5) is 0 Å². The molecule has 3 nitrogen and oxygen atoms in total. The van der Waals surface area contributed by atoms with E-state index in [1.807, 2.05) is 12.1 Å². The molecule has 0 radical (unpaired) electrons. The van der Waals surface area contributed by atoms with Gasteiger partial charge in [-0.1, -0.05) is 62.1 Å². The molecule has 94 valence electrons. The molecule has 0 aromatic heterocycles. The summed E-state index contributed by atoms with van der Waals surface area (Å²) in [6.07, 6.45) is 1.67. The summed E-state index contributed by atoms with van der Waals surface area (Å²) in [7, 11) is 0. The van der Waals surface area contributed by atoms with Crippen molar-refractivity contribution < 1.29 is 4.79 Å². The maximum atomic E-state index is 11.5. The molecule has 0 aliphatic carbocycles. The number of hydrogen-bond donors (Lipinski definition) is 0. The Morgan fingerprint density at radius 3 is 2.56 bits per heavy atom. The second-order valence-corrected chi connectivity index (χ2v) is 5.94. The van der Waals surface area contributed by atoms with Crippen molar-refractivity contribution in [3.8, 4) is 0 Å². The smallest absolute Gasteiger partial charge is 0.259 e. The molecule has 1 fully saturated rings. The summed E-state index contributed by atoms with van der Waals surface area (Å²) >= 11 is 6.39. The molecule has 1 heterocycles. The van der Waals surface area contributed by atoms with Crippen molar-refractivity contribution in [1.82, 2.24) is 5.01 Å². The number of hydrazone groups is 1. The summed E-state index contributed by atoms with van der Waals surface area (Å²) in [4.78, 5) is 11.5. The molecule has 1 aromatic rings. The third-order valence-electron chi connectivity index (χ3n) is 2.65. The molecular weight excluding hydrogens is 264 g/mol. The Bertz CT molecular complexity index is 478. The summed E-state index contributed by atoms with van der Waals surface area (Å²) in [6, 6.07) is 8.14. The van der Waals surface area contributed by atoms with Gasteiger partial charge in [-0.15, -0.1) is 0 Å². The molecule has 0 N–H and O–H groups in total. The van der Waals surface area contributed by atoms with E-state index >= 15 is 0 Å². The fourth-order valence-electron chi connectivity index (χ4n) is 1.55. The van der Waals surface area contributed by atoms with Crippen LogP contribution >= 0.6 is 24.0 Å². The quantitative estimate of drug-likeness (QED) is 0.629. The van der Waals surface area contributed by atoms with Gasteiger partial charge in [0.05, 0.1) is 12.0 Å².